The second kappa shape index (κ2) is 3.84. The second-order valence-electron chi connectivity index (χ2n) is 1.92. The first kappa shape index (κ1) is 8.69. The highest BCUT2D eigenvalue weighted by atomic mass is 79.9. The molecule has 0 aliphatic heterocycles. The van der Waals surface area contributed by atoms with Gasteiger partial charge in [-0.25, -0.2) is 0 Å². The van der Waals surface area contributed by atoms with E-state index in [0.717, 1.165) is 14.6 Å². The number of halogens is 2. The minimum Gasteiger partial charge on any atom is -0.259 e. The summed E-state index contributed by atoms with van der Waals surface area (Å²) in [4.78, 5) is 4.03. The Morgan fingerprint density at radius 2 is 2.18 bits per heavy atom. The fourth-order valence-corrected chi connectivity index (χ4v) is 1.21. The number of nitriles is 1. The first-order valence-electron chi connectivity index (χ1n) is 2.91. The lowest BCUT2D eigenvalue weighted by atomic mass is 10.3. The third-order valence-electron chi connectivity index (χ3n) is 1.13. The lowest BCUT2D eigenvalue weighted by molar-refractivity contribution is 1.10. The predicted octanol–water partition coefficient (Wildman–Crippen LogP) is 2.67. The van der Waals surface area contributed by atoms with Crippen molar-refractivity contribution in [2.24, 2.45) is 0 Å². The Kier molecular flexibility index (Phi) is 3.03. The summed E-state index contributed by atoms with van der Waals surface area (Å²) in [7, 11) is 0. The molecule has 0 saturated heterocycles. The average molecular weight is 276 g/mol. The van der Waals surface area contributed by atoms with Crippen molar-refractivity contribution in [3.05, 3.63) is 26.9 Å². The number of nitrogens with zero attached hydrogens (tertiary/aromatic N) is 2. The van der Waals surface area contributed by atoms with Gasteiger partial charge in [0.05, 0.1) is 22.7 Å². The highest BCUT2D eigenvalue weighted by Gasteiger charge is 1.98. The van der Waals surface area contributed by atoms with Gasteiger partial charge in [-0.3, -0.25) is 4.98 Å². The molecule has 0 fully saturated rings. The van der Waals surface area contributed by atoms with E-state index in [1.807, 2.05) is 12.1 Å². The topological polar surface area (TPSA) is 36.7 Å². The van der Waals surface area contributed by atoms with E-state index in [0.29, 0.717) is 6.42 Å². The van der Waals surface area contributed by atoms with Gasteiger partial charge in [0.15, 0.2) is 0 Å². The van der Waals surface area contributed by atoms with Crippen LogP contribution in [0.1, 0.15) is 5.69 Å². The van der Waals surface area contributed by atoms with Gasteiger partial charge in [0, 0.05) is 10.7 Å². The summed E-state index contributed by atoms with van der Waals surface area (Å²) in [6.45, 7) is 0. The van der Waals surface area contributed by atoms with Gasteiger partial charge >= 0.3 is 0 Å². The van der Waals surface area contributed by atoms with Gasteiger partial charge in [0.1, 0.15) is 0 Å². The highest BCUT2D eigenvalue weighted by Crippen LogP contribution is 2.21. The van der Waals surface area contributed by atoms with Gasteiger partial charge in [-0.15, -0.1) is 0 Å². The van der Waals surface area contributed by atoms with Gasteiger partial charge < -0.3 is 0 Å². The summed E-state index contributed by atoms with van der Waals surface area (Å²) in [5.74, 6) is 0. The Morgan fingerprint density at radius 1 is 1.45 bits per heavy atom. The van der Waals surface area contributed by atoms with Crippen LogP contribution in [0.15, 0.2) is 21.2 Å². The first-order valence-corrected chi connectivity index (χ1v) is 4.49. The standard InChI is InChI=1S/C7H4Br2N2/c8-6-3-5(1-2-10)11-4-7(6)9/h3-4H,1H2. The summed E-state index contributed by atoms with van der Waals surface area (Å²) in [6.07, 6.45) is 2.03. The van der Waals surface area contributed by atoms with Crippen LogP contribution in [0.3, 0.4) is 0 Å². The van der Waals surface area contributed by atoms with Gasteiger partial charge in [-0.1, -0.05) is 0 Å². The van der Waals surface area contributed by atoms with E-state index in [1.54, 1.807) is 6.20 Å². The molecule has 1 heterocycles. The van der Waals surface area contributed by atoms with E-state index in [9.17, 15) is 0 Å². The summed E-state index contributed by atoms with van der Waals surface area (Å²) in [5, 5.41) is 8.36. The molecule has 0 radical (unpaired) electrons. The molecule has 0 unspecified atom stereocenters. The highest BCUT2D eigenvalue weighted by molar-refractivity contribution is 9.13. The van der Waals surface area contributed by atoms with E-state index in [4.69, 9.17) is 5.26 Å². The van der Waals surface area contributed by atoms with Gasteiger partial charge in [0.25, 0.3) is 0 Å². The fourth-order valence-electron chi connectivity index (χ4n) is 0.631. The quantitative estimate of drug-likeness (QED) is 0.790. The molecule has 0 saturated carbocycles. The van der Waals surface area contributed by atoms with Crippen LogP contribution in [0.4, 0.5) is 0 Å². The van der Waals surface area contributed by atoms with E-state index in [2.05, 4.69) is 36.8 Å². The van der Waals surface area contributed by atoms with E-state index in [1.165, 1.54) is 0 Å². The molecule has 56 valence electrons. The second-order valence-corrected chi connectivity index (χ2v) is 3.63. The maximum Gasteiger partial charge on any atom is 0.0775 e. The van der Waals surface area contributed by atoms with E-state index >= 15 is 0 Å². The molecular formula is C7H4Br2N2. The van der Waals surface area contributed by atoms with Crippen molar-refractivity contribution in [1.82, 2.24) is 4.98 Å². The minimum absolute atomic E-state index is 0.353. The Balaban J connectivity index is 2.98. The normalized spacial score (nSPS) is 9.18. The van der Waals surface area contributed by atoms with Crippen molar-refractivity contribution in [2.75, 3.05) is 0 Å². The SMILES string of the molecule is N#CCc1cc(Br)c(Br)cn1. The largest absolute Gasteiger partial charge is 0.259 e. The van der Waals surface area contributed by atoms with Gasteiger partial charge in [-0.05, 0) is 37.9 Å². The van der Waals surface area contributed by atoms with Crippen LogP contribution < -0.4 is 0 Å². The van der Waals surface area contributed by atoms with Crippen LogP contribution in [0.25, 0.3) is 0 Å². The van der Waals surface area contributed by atoms with E-state index in [-0.39, 0.29) is 0 Å². The molecule has 2 nitrogen and oxygen atoms in total. The molecule has 0 N–H and O–H groups in total. The Hall–Kier alpha value is -0.400. The zero-order valence-corrected chi connectivity index (χ0v) is 8.68. The van der Waals surface area contributed by atoms with Crippen molar-refractivity contribution in [3.8, 4) is 6.07 Å². The summed E-state index contributed by atoms with van der Waals surface area (Å²) in [5.41, 5.74) is 0.780. The molecule has 1 aromatic heterocycles. The van der Waals surface area contributed by atoms with Crippen molar-refractivity contribution in [2.45, 2.75) is 6.42 Å². The van der Waals surface area contributed by atoms with Gasteiger partial charge in [0.2, 0.25) is 0 Å². The molecule has 0 amide bonds. The summed E-state index contributed by atoms with van der Waals surface area (Å²) < 4.78 is 1.83. The minimum atomic E-state index is 0.353. The number of hydrogen-bond acceptors (Lipinski definition) is 2. The molecule has 11 heavy (non-hydrogen) atoms. The van der Waals surface area contributed by atoms with E-state index < -0.39 is 0 Å². The number of hydrogen-bond donors (Lipinski definition) is 0. The fraction of sp³-hybridized carbons (Fsp3) is 0.143. The number of rotatable bonds is 1. The molecule has 0 atom stereocenters. The maximum absolute atomic E-state index is 8.36. The number of pyridine rings is 1. The van der Waals surface area contributed by atoms with Crippen molar-refractivity contribution in [1.29, 1.82) is 5.26 Å². The molecule has 0 bridgehead atoms. The molecule has 0 aromatic carbocycles. The third kappa shape index (κ3) is 2.28. The van der Waals surface area contributed by atoms with Crippen LogP contribution in [-0.2, 0) is 6.42 Å². The Labute approximate surface area is 81.5 Å². The monoisotopic (exact) mass is 274 g/mol. The zero-order valence-electron chi connectivity index (χ0n) is 5.51. The average Bonchev–Trinajstić information content (AvgIpc) is 1.98. The van der Waals surface area contributed by atoms with Crippen LogP contribution in [0.5, 0.6) is 0 Å². The zero-order chi connectivity index (χ0) is 8.27. The maximum atomic E-state index is 8.36. The molecule has 1 aromatic rings. The molecule has 0 spiro atoms. The molecular weight excluding hydrogens is 272 g/mol. The third-order valence-corrected chi connectivity index (χ3v) is 2.95. The van der Waals surface area contributed by atoms with Crippen molar-refractivity contribution in [3.63, 3.8) is 0 Å². The first-order chi connectivity index (χ1) is 5.24. The van der Waals surface area contributed by atoms with Crippen LogP contribution in [0.2, 0.25) is 0 Å². The molecule has 0 aliphatic rings. The van der Waals surface area contributed by atoms with Crippen molar-refractivity contribution < 1.29 is 0 Å². The Bertz CT molecular complexity index is 304. The summed E-state index contributed by atoms with van der Waals surface area (Å²) >= 11 is 6.61. The molecule has 4 heteroatoms. The van der Waals surface area contributed by atoms with Crippen molar-refractivity contribution >= 4 is 31.9 Å². The van der Waals surface area contributed by atoms with Crippen LogP contribution >= 0.6 is 31.9 Å². The van der Waals surface area contributed by atoms with Crippen LogP contribution in [0, 0.1) is 11.3 Å². The molecule has 0 aliphatic carbocycles. The molecule has 1 rings (SSSR count). The van der Waals surface area contributed by atoms with Crippen LogP contribution in [-0.4, -0.2) is 4.98 Å². The lowest BCUT2D eigenvalue weighted by Gasteiger charge is -1.96. The summed E-state index contributed by atoms with van der Waals surface area (Å²) in [6, 6.07) is 3.86. The lowest BCUT2D eigenvalue weighted by Crippen LogP contribution is -1.86. The Morgan fingerprint density at radius 3 is 2.73 bits per heavy atom. The smallest absolute Gasteiger partial charge is 0.0775 e. The number of aromatic nitrogens is 1. The van der Waals surface area contributed by atoms with Gasteiger partial charge in [-0.2, -0.15) is 5.26 Å². The predicted molar refractivity (Wildman–Crippen MR) is 49.0 cm³/mol.